The maximum absolute atomic E-state index is 13.7. The summed E-state index contributed by atoms with van der Waals surface area (Å²) in [5, 5.41) is 10.6. The molecular formula is C24H28Cl2N2O5S. The molecule has 10 heteroatoms. The van der Waals surface area contributed by atoms with Crippen molar-refractivity contribution in [2.24, 2.45) is 5.92 Å². The lowest BCUT2D eigenvalue weighted by molar-refractivity contribution is -0.152. The Kier molecular flexibility index (Phi) is 8.62. The largest absolute Gasteiger partial charge is 0.481 e. The van der Waals surface area contributed by atoms with Crippen LogP contribution in [0.25, 0.3) is 0 Å². The van der Waals surface area contributed by atoms with Gasteiger partial charge in [0.15, 0.2) is 0 Å². The summed E-state index contributed by atoms with van der Waals surface area (Å²) >= 11 is 12.4. The predicted molar refractivity (Wildman–Crippen MR) is 133 cm³/mol. The molecule has 2 aromatic carbocycles. The maximum Gasteiger partial charge on any atom is 0.304 e. The van der Waals surface area contributed by atoms with Gasteiger partial charge in [0.25, 0.3) is 0 Å². The number of rotatable bonds is 9. The molecule has 34 heavy (non-hydrogen) atoms. The summed E-state index contributed by atoms with van der Waals surface area (Å²) in [5.41, 5.74) is 1.71. The van der Waals surface area contributed by atoms with Gasteiger partial charge in [0.1, 0.15) is 0 Å². The number of carbonyl (C=O) groups excluding carboxylic acids is 1. The van der Waals surface area contributed by atoms with E-state index in [4.69, 9.17) is 23.2 Å². The molecule has 1 unspecified atom stereocenters. The fourth-order valence-corrected chi connectivity index (χ4v) is 5.48. The minimum absolute atomic E-state index is 0.0211. The topological polar surface area (TPSA) is 104 Å². The van der Waals surface area contributed by atoms with Crippen molar-refractivity contribution >= 4 is 45.1 Å². The first-order valence-electron chi connectivity index (χ1n) is 11.0. The smallest absolute Gasteiger partial charge is 0.304 e. The number of piperidine rings is 1. The van der Waals surface area contributed by atoms with E-state index in [0.717, 1.165) is 17.4 Å². The SMILES string of the molecule is CCC(CNS(C)(=O)=O)N1C(=O)[C@@H](CC(=O)O)C[C@H](c2cccc(Cl)c2)[C@H]1c1ccc(Cl)cc1. The summed E-state index contributed by atoms with van der Waals surface area (Å²) < 4.78 is 26.1. The molecule has 2 aromatic rings. The van der Waals surface area contributed by atoms with E-state index >= 15 is 0 Å². The van der Waals surface area contributed by atoms with E-state index in [-0.39, 0.29) is 24.8 Å². The van der Waals surface area contributed by atoms with E-state index in [1.807, 2.05) is 37.3 Å². The molecular weight excluding hydrogens is 499 g/mol. The Balaban J connectivity index is 2.16. The van der Waals surface area contributed by atoms with Crippen LogP contribution in [-0.4, -0.2) is 49.1 Å². The van der Waals surface area contributed by atoms with Crippen molar-refractivity contribution in [1.82, 2.24) is 9.62 Å². The average Bonchev–Trinajstić information content (AvgIpc) is 2.76. The van der Waals surface area contributed by atoms with Gasteiger partial charge in [-0.25, -0.2) is 13.1 Å². The number of hydrogen-bond donors (Lipinski definition) is 2. The predicted octanol–water partition coefficient (Wildman–Crippen LogP) is 4.47. The first-order valence-corrected chi connectivity index (χ1v) is 13.6. The van der Waals surface area contributed by atoms with Crippen LogP contribution in [0.4, 0.5) is 0 Å². The number of aliphatic carboxylic acids is 1. The van der Waals surface area contributed by atoms with Crippen molar-refractivity contribution in [2.75, 3.05) is 12.8 Å². The van der Waals surface area contributed by atoms with Gasteiger partial charge in [0.05, 0.1) is 18.7 Å². The van der Waals surface area contributed by atoms with Crippen molar-refractivity contribution in [1.29, 1.82) is 0 Å². The summed E-state index contributed by atoms with van der Waals surface area (Å²) in [7, 11) is -3.49. The van der Waals surface area contributed by atoms with Crippen molar-refractivity contribution in [2.45, 2.75) is 44.2 Å². The lowest BCUT2D eigenvalue weighted by Gasteiger charge is -2.48. The minimum Gasteiger partial charge on any atom is -0.481 e. The number of nitrogens with zero attached hydrogens (tertiary/aromatic N) is 1. The Hall–Kier alpha value is -2.13. The Morgan fingerprint density at radius 3 is 2.38 bits per heavy atom. The number of halogens is 2. The van der Waals surface area contributed by atoms with Crippen LogP contribution in [0.15, 0.2) is 48.5 Å². The number of amides is 1. The molecule has 0 aliphatic carbocycles. The van der Waals surface area contributed by atoms with E-state index in [1.165, 1.54) is 0 Å². The van der Waals surface area contributed by atoms with E-state index in [0.29, 0.717) is 22.9 Å². The van der Waals surface area contributed by atoms with Gasteiger partial charge in [-0.2, -0.15) is 0 Å². The van der Waals surface area contributed by atoms with E-state index in [9.17, 15) is 23.1 Å². The van der Waals surface area contributed by atoms with Crippen LogP contribution in [0.2, 0.25) is 10.0 Å². The van der Waals surface area contributed by atoms with Gasteiger partial charge < -0.3 is 10.0 Å². The zero-order chi connectivity index (χ0) is 25.0. The minimum atomic E-state index is -3.49. The number of carbonyl (C=O) groups is 2. The van der Waals surface area contributed by atoms with Crippen LogP contribution in [0.1, 0.15) is 49.3 Å². The standard InChI is InChI=1S/C24H28Cl2N2O5S/c1-3-20(14-27-34(2,32)33)28-23(15-7-9-18(25)10-8-15)21(16-5-4-6-19(26)11-16)12-17(24(28)31)13-22(29)30/h4-11,17,20-21,23,27H,3,12-14H2,1-2H3,(H,29,30)/t17-,20?,21-,23-/m1/s1. The molecule has 7 nitrogen and oxygen atoms in total. The fraction of sp³-hybridized carbons (Fsp3) is 0.417. The van der Waals surface area contributed by atoms with Crippen LogP contribution in [0.3, 0.4) is 0 Å². The van der Waals surface area contributed by atoms with Gasteiger partial charge in [0.2, 0.25) is 15.9 Å². The second-order valence-electron chi connectivity index (χ2n) is 8.62. The molecule has 0 saturated carbocycles. The molecule has 0 bridgehead atoms. The van der Waals surface area contributed by atoms with Gasteiger partial charge in [-0.15, -0.1) is 0 Å². The molecule has 1 saturated heterocycles. The highest BCUT2D eigenvalue weighted by atomic mass is 35.5. The number of hydrogen-bond acceptors (Lipinski definition) is 4. The van der Waals surface area contributed by atoms with Crippen LogP contribution >= 0.6 is 23.2 Å². The van der Waals surface area contributed by atoms with Crippen LogP contribution in [-0.2, 0) is 19.6 Å². The molecule has 4 atom stereocenters. The molecule has 1 aliphatic rings. The molecule has 0 radical (unpaired) electrons. The van der Waals surface area contributed by atoms with Crippen LogP contribution in [0.5, 0.6) is 0 Å². The molecule has 1 fully saturated rings. The highest BCUT2D eigenvalue weighted by Crippen LogP contribution is 2.47. The third-order valence-electron chi connectivity index (χ3n) is 6.18. The van der Waals surface area contributed by atoms with Gasteiger partial charge in [-0.1, -0.05) is 54.4 Å². The van der Waals surface area contributed by atoms with Crippen molar-refractivity contribution in [3.8, 4) is 0 Å². The van der Waals surface area contributed by atoms with E-state index in [1.54, 1.807) is 23.1 Å². The van der Waals surface area contributed by atoms with Gasteiger partial charge in [0, 0.05) is 34.5 Å². The summed E-state index contributed by atoms with van der Waals surface area (Å²) in [6.45, 7) is 1.89. The zero-order valence-corrected chi connectivity index (χ0v) is 21.3. The Morgan fingerprint density at radius 1 is 1.15 bits per heavy atom. The quantitative estimate of drug-likeness (QED) is 0.501. The maximum atomic E-state index is 13.7. The van der Waals surface area contributed by atoms with Crippen LogP contribution < -0.4 is 4.72 Å². The molecule has 1 amide bonds. The van der Waals surface area contributed by atoms with Gasteiger partial charge in [-0.05, 0) is 48.2 Å². The number of nitrogens with one attached hydrogen (secondary N) is 1. The Morgan fingerprint density at radius 2 is 1.82 bits per heavy atom. The van der Waals surface area contributed by atoms with E-state index in [2.05, 4.69) is 4.72 Å². The fourth-order valence-electron chi connectivity index (χ4n) is 4.66. The number of benzene rings is 2. The average molecular weight is 527 g/mol. The second-order valence-corrected chi connectivity index (χ2v) is 11.3. The van der Waals surface area contributed by atoms with E-state index < -0.39 is 34.0 Å². The highest BCUT2D eigenvalue weighted by Gasteiger charge is 2.46. The molecule has 3 rings (SSSR count). The summed E-state index contributed by atoms with van der Waals surface area (Å²) in [5.74, 6) is -2.37. The third kappa shape index (κ3) is 6.50. The van der Waals surface area contributed by atoms with Crippen molar-refractivity contribution in [3.63, 3.8) is 0 Å². The zero-order valence-electron chi connectivity index (χ0n) is 18.9. The number of carboxylic acid groups (broad SMARTS) is 1. The molecule has 0 spiro atoms. The van der Waals surface area contributed by atoms with Crippen molar-refractivity contribution < 1.29 is 23.1 Å². The monoisotopic (exact) mass is 526 g/mol. The Bertz CT molecular complexity index is 1140. The Labute approximate surface area is 210 Å². The third-order valence-corrected chi connectivity index (χ3v) is 7.36. The summed E-state index contributed by atoms with van der Waals surface area (Å²) in [6.07, 6.45) is 1.55. The normalized spacial score (nSPS) is 21.9. The summed E-state index contributed by atoms with van der Waals surface area (Å²) in [6, 6.07) is 13.6. The molecule has 1 aliphatic heterocycles. The molecule has 184 valence electrons. The second kappa shape index (κ2) is 11.1. The number of carboxylic acids is 1. The van der Waals surface area contributed by atoms with Gasteiger partial charge in [-0.3, -0.25) is 9.59 Å². The lowest BCUT2D eigenvalue weighted by Crippen LogP contribution is -2.54. The first kappa shape index (κ1) is 26.5. The lowest BCUT2D eigenvalue weighted by atomic mass is 9.74. The molecule has 2 N–H and O–H groups in total. The summed E-state index contributed by atoms with van der Waals surface area (Å²) in [4.78, 5) is 27.0. The first-order chi connectivity index (χ1) is 16.0. The molecule has 1 heterocycles. The van der Waals surface area contributed by atoms with Crippen molar-refractivity contribution in [3.05, 3.63) is 69.7 Å². The highest BCUT2D eigenvalue weighted by molar-refractivity contribution is 7.88. The molecule has 0 aromatic heterocycles. The van der Waals surface area contributed by atoms with Crippen LogP contribution in [0, 0.1) is 5.92 Å². The van der Waals surface area contributed by atoms with Gasteiger partial charge >= 0.3 is 5.97 Å². The number of sulfonamides is 1. The number of likely N-dealkylation sites (tertiary alicyclic amines) is 1.